The van der Waals surface area contributed by atoms with E-state index in [1.165, 1.54) is 0 Å². The molecule has 0 bridgehead atoms. The minimum atomic E-state index is -0.836. The summed E-state index contributed by atoms with van der Waals surface area (Å²) in [5.41, 5.74) is 2.13. The number of unbranched alkanes of at least 4 members (excludes halogenated alkanes) is 1. The molecule has 4 nitrogen and oxygen atoms in total. The average molecular weight is 310 g/mol. The molecule has 0 aromatic heterocycles. The van der Waals surface area contributed by atoms with Gasteiger partial charge >= 0.3 is 11.9 Å². The average Bonchev–Trinajstić information content (AvgIpc) is 2.54. The molecule has 0 saturated carbocycles. The van der Waals surface area contributed by atoms with Gasteiger partial charge in [-0.2, -0.15) is 0 Å². The lowest BCUT2D eigenvalue weighted by atomic mass is 9.91. The number of hydrogen-bond donors (Lipinski definition) is 1. The summed E-state index contributed by atoms with van der Waals surface area (Å²) in [5, 5.41) is 10.9. The Hall–Kier alpha value is -2.62. The quantitative estimate of drug-likeness (QED) is 0.644. The maximum Gasteiger partial charge on any atom is 0.306 e. The molecule has 1 atom stereocenters. The van der Waals surface area contributed by atoms with Crippen molar-refractivity contribution in [1.82, 2.24) is 0 Å². The maximum absolute atomic E-state index is 12.0. The Morgan fingerprint density at radius 1 is 1.04 bits per heavy atom. The topological polar surface area (TPSA) is 63.6 Å². The predicted octanol–water partition coefficient (Wildman–Crippen LogP) is 4.10. The first-order chi connectivity index (χ1) is 11.1. The van der Waals surface area contributed by atoms with E-state index in [4.69, 9.17) is 9.84 Å². The zero-order valence-electron chi connectivity index (χ0n) is 12.7. The Bertz CT molecular complexity index is 771. The molecule has 2 aromatic rings. The summed E-state index contributed by atoms with van der Waals surface area (Å²) in [6.07, 6.45) is 4.86. The van der Waals surface area contributed by atoms with Crippen LogP contribution in [0.3, 0.4) is 0 Å². The van der Waals surface area contributed by atoms with E-state index >= 15 is 0 Å². The van der Waals surface area contributed by atoms with Crippen LogP contribution in [0.1, 0.15) is 42.9 Å². The first-order valence-electron chi connectivity index (χ1n) is 7.76. The Kier molecular flexibility index (Phi) is 4.42. The number of carbonyl (C=O) groups is 2. The molecule has 2 aromatic carbocycles. The Labute approximate surface area is 134 Å². The molecule has 0 fully saturated rings. The second-order valence-electron chi connectivity index (χ2n) is 5.66. The first kappa shape index (κ1) is 15.3. The highest BCUT2D eigenvalue weighted by molar-refractivity contribution is 5.95. The molecule has 118 valence electrons. The van der Waals surface area contributed by atoms with Gasteiger partial charge in [0.05, 0.1) is 0 Å². The van der Waals surface area contributed by atoms with Crippen LogP contribution in [0.25, 0.3) is 16.8 Å². The number of carboxylic acids is 1. The van der Waals surface area contributed by atoms with Gasteiger partial charge in [-0.1, -0.05) is 42.5 Å². The summed E-state index contributed by atoms with van der Waals surface area (Å²) >= 11 is 0. The molecule has 0 saturated heterocycles. The van der Waals surface area contributed by atoms with Gasteiger partial charge in [0.1, 0.15) is 6.10 Å². The van der Waals surface area contributed by atoms with Gasteiger partial charge in [-0.25, -0.2) is 0 Å². The zero-order chi connectivity index (χ0) is 16.2. The SMILES string of the molecule is O=C(O)CCCCC(=O)OC1C=Cc2cccc3cccc1c23. The molecule has 1 N–H and O–H groups in total. The largest absolute Gasteiger partial charge is 0.481 e. The van der Waals surface area contributed by atoms with Crippen molar-refractivity contribution >= 4 is 28.8 Å². The smallest absolute Gasteiger partial charge is 0.306 e. The Morgan fingerprint density at radius 3 is 2.57 bits per heavy atom. The number of aliphatic carboxylic acids is 1. The highest BCUT2D eigenvalue weighted by atomic mass is 16.5. The predicted molar refractivity (Wildman–Crippen MR) is 87.9 cm³/mol. The minimum absolute atomic E-state index is 0.0866. The van der Waals surface area contributed by atoms with Crippen molar-refractivity contribution in [3.63, 3.8) is 0 Å². The van der Waals surface area contributed by atoms with Crippen LogP contribution in [0.15, 0.2) is 42.5 Å². The Balaban J connectivity index is 1.68. The van der Waals surface area contributed by atoms with Gasteiger partial charge in [0, 0.05) is 18.4 Å². The van der Waals surface area contributed by atoms with Crippen molar-refractivity contribution < 1.29 is 19.4 Å². The van der Waals surface area contributed by atoms with E-state index in [1.54, 1.807) is 0 Å². The van der Waals surface area contributed by atoms with Crippen molar-refractivity contribution in [2.45, 2.75) is 31.8 Å². The van der Waals surface area contributed by atoms with Crippen LogP contribution in [-0.2, 0) is 14.3 Å². The summed E-state index contributed by atoms with van der Waals surface area (Å²) < 4.78 is 5.57. The third-order valence-corrected chi connectivity index (χ3v) is 4.01. The van der Waals surface area contributed by atoms with E-state index in [2.05, 4.69) is 0 Å². The summed E-state index contributed by atoms with van der Waals surface area (Å²) in [4.78, 5) is 22.4. The van der Waals surface area contributed by atoms with Crippen LogP contribution in [0.4, 0.5) is 0 Å². The molecule has 0 aliphatic heterocycles. The van der Waals surface area contributed by atoms with E-state index in [1.807, 2.05) is 48.6 Å². The van der Waals surface area contributed by atoms with Gasteiger partial charge in [0.25, 0.3) is 0 Å². The third-order valence-electron chi connectivity index (χ3n) is 4.01. The van der Waals surface area contributed by atoms with Gasteiger partial charge in [-0.15, -0.1) is 0 Å². The van der Waals surface area contributed by atoms with Crippen LogP contribution in [0, 0.1) is 0 Å². The summed E-state index contributed by atoms with van der Waals surface area (Å²) in [6.45, 7) is 0. The maximum atomic E-state index is 12.0. The van der Waals surface area contributed by atoms with Crippen molar-refractivity contribution in [3.8, 4) is 0 Å². The molecule has 3 rings (SSSR count). The van der Waals surface area contributed by atoms with Gasteiger partial charge in [-0.05, 0) is 35.3 Å². The number of hydrogen-bond acceptors (Lipinski definition) is 3. The molecule has 4 heteroatoms. The molecular formula is C19H18O4. The van der Waals surface area contributed by atoms with Gasteiger partial charge in [0.15, 0.2) is 0 Å². The zero-order valence-corrected chi connectivity index (χ0v) is 12.7. The molecule has 23 heavy (non-hydrogen) atoms. The fourth-order valence-electron chi connectivity index (χ4n) is 2.92. The molecule has 0 radical (unpaired) electrons. The standard InChI is InChI=1S/C19H18O4/c20-17(21)9-1-2-10-18(22)23-16-12-11-14-6-3-5-13-7-4-8-15(16)19(13)14/h3-8,11-12,16H,1-2,9-10H2,(H,20,21). The highest BCUT2D eigenvalue weighted by Crippen LogP contribution is 2.35. The van der Waals surface area contributed by atoms with Crippen LogP contribution < -0.4 is 0 Å². The molecule has 1 unspecified atom stereocenters. The number of rotatable bonds is 6. The van der Waals surface area contributed by atoms with E-state index < -0.39 is 5.97 Å². The van der Waals surface area contributed by atoms with Crippen molar-refractivity contribution in [1.29, 1.82) is 0 Å². The molecule has 1 aliphatic rings. The van der Waals surface area contributed by atoms with Crippen molar-refractivity contribution in [3.05, 3.63) is 53.6 Å². The highest BCUT2D eigenvalue weighted by Gasteiger charge is 2.20. The lowest BCUT2D eigenvalue weighted by Gasteiger charge is -2.21. The van der Waals surface area contributed by atoms with Gasteiger partial charge < -0.3 is 9.84 Å². The van der Waals surface area contributed by atoms with Crippen LogP contribution in [0.2, 0.25) is 0 Å². The number of ether oxygens (including phenoxy) is 1. The molecule has 0 spiro atoms. The fraction of sp³-hybridized carbons (Fsp3) is 0.263. The summed E-state index contributed by atoms with van der Waals surface area (Å²) in [6, 6.07) is 12.1. The normalized spacial score (nSPS) is 15.6. The van der Waals surface area contributed by atoms with E-state index in [0.717, 1.165) is 21.9 Å². The second-order valence-corrected chi connectivity index (χ2v) is 5.66. The molecule has 0 heterocycles. The Morgan fingerprint density at radius 2 is 1.78 bits per heavy atom. The number of carboxylic acid groups (broad SMARTS) is 1. The van der Waals surface area contributed by atoms with E-state index in [0.29, 0.717) is 12.8 Å². The molecule has 1 aliphatic carbocycles. The fourth-order valence-corrected chi connectivity index (χ4v) is 2.92. The number of carbonyl (C=O) groups excluding carboxylic acids is 1. The van der Waals surface area contributed by atoms with Gasteiger partial charge in [-0.3, -0.25) is 9.59 Å². The lowest BCUT2D eigenvalue weighted by Crippen LogP contribution is -2.12. The van der Waals surface area contributed by atoms with Crippen LogP contribution in [0.5, 0.6) is 0 Å². The monoisotopic (exact) mass is 310 g/mol. The van der Waals surface area contributed by atoms with Gasteiger partial charge in [0.2, 0.25) is 0 Å². The van der Waals surface area contributed by atoms with Crippen molar-refractivity contribution in [2.24, 2.45) is 0 Å². The molecular weight excluding hydrogens is 292 g/mol. The first-order valence-corrected chi connectivity index (χ1v) is 7.76. The summed E-state index contributed by atoms with van der Waals surface area (Å²) in [7, 11) is 0. The van der Waals surface area contributed by atoms with Crippen LogP contribution >= 0.6 is 0 Å². The van der Waals surface area contributed by atoms with Crippen LogP contribution in [-0.4, -0.2) is 17.0 Å². The number of esters is 1. The lowest BCUT2D eigenvalue weighted by molar-refractivity contribution is -0.147. The number of benzene rings is 2. The van der Waals surface area contributed by atoms with Crippen molar-refractivity contribution in [2.75, 3.05) is 0 Å². The second kappa shape index (κ2) is 6.65. The van der Waals surface area contributed by atoms with E-state index in [9.17, 15) is 9.59 Å². The third kappa shape index (κ3) is 3.42. The van der Waals surface area contributed by atoms with E-state index in [-0.39, 0.29) is 24.9 Å². The summed E-state index contributed by atoms with van der Waals surface area (Å²) in [5.74, 6) is -1.13. The molecule has 0 amide bonds. The minimum Gasteiger partial charge on any atom is -0.481 e.